The summed E-state index contributed by atoms with van der Waals surface area (Å²) < 4.78 is 5.52. The molecule has 2 heterocycles. The molecule has 0 spiro atoms. The van der Waals surface area contributed by atoms with E-state index in [0.717, 1.165) is 25.3 Å². The van der Waals surface area contributed by atoms with Crippen molar-refractivity contribution in [3.05, 3.63) is 36.0 Å². The third-order valence-corrected chi connectivity index (χ3v) is 2.67. The second kappa shape index (κ2) is 2.98. The molecule has 70 valence electrons. The lowest BCUT2D eigenvalue weighted by Gasteiger charge is -2.17. The monoisotopic (exact) mass is 185 g/mol. The van der Waals surface area contributed by atoms with E-state index in [1.54, 1.807) is 0 Å². The van der Waals surface area contributed by atoms with Gasteiger partial charge in [0.05, 0.1) is 6.61 Å². The van der Waals surface area contributed by atoms with Crippen LogP contribution in [0.4, 0.5) is 0 Å². The van der Waals surface area contributed by atoms with Gasteiger partial charge in [0.2, 0.25) is 5.88 Å². The fraction of sp³-hybridized carbons (Fsp3) is 0.250. The van der Waals surface area contributed by atoms with Gasteiger partial charge in [-0.2, -0.15) is 0 Å². The molecule has 0 aliphatic carbocycles. The number of hydrogen-bond donors (Lipinski definition) is 0. The van der Waals surface area contributed by atoms with Crippen LogP contribution in [-0.2, 0) is 6.42 Å². The van der Waals surface area contributed by atoms with Crippen LogP contribution >= 0.6 is 0 Å². The van der Waals surface area contributed by atoms with E-state index in [9.17, 15) is 0 Å². The van der Waals surface area contributed by atoms with E-state index < -0.39 is 0 Å². The molecule has 0 saturated carbocycles. The predicted molar refractivity (Wildman–Crippen MR) is 55.6 cm³/mol. The number of ether oxygens (including phenoxy) is 1. The average Bonchev–Trinajstić information content (AvgIpc) is 2.29. The van der Waals surface area contributed by atoms with Crippen LogP contribution in [0.3, 0.4) is 0 Å². The molecular weight excluding hydrogens is 174 g/mol. The third-order valence-electron chi connectivity index (χ3n) is 2.67. The minimum atomic E-state index is 0.804. The van der Waals surface area contributed by atoms with E-state index in [0.29, 0.717) is 0 Å². The third kappa shape index (κ3) is 1.07. The van der Waals surface area contributed by atoms with E-state index in [-0.39, 0.29) is 0 Å². The molecule has 0 unspecified atom stereocenters. The van der Waals surface area contributed by atoms with E-state index >= 15 is 0 Å². The van der Waals surface area contributed by atoms with Crippen LogP contribution in [0.5, 0.6) is 5.88 Å². The Hall–Kier alpha value is -1.57. The van der Waals surface area contributed by atoms with Crippen molar-refractivity contribution in [2.45, 2.75) is 12.8 Å². The summed E-state index contributed by atoms with van der Waals surface area (Å²) in [4.78, 5) is 4.33. The van der Waals surface area contributed by atoms with E-state index in [4.69, 9.17) is 4.74 Å². The number of benzene rings is 1. The zero-order valence-corrected chi connectivity index (χ0v) is 7.86. The number of fused-ring (bicyclic) bond motifs is 3. The van der Waals surface area contributed by atoms with Gasteiger partial charge in [-0.25, -0.2) is 4.98 Å². The van der Waals surface area contributed by atoms with E-state index in [2.05, 4.69) is 23.2 Å². The molecular formula is C12H11NO. The molecule has 1 aromatic heterocycles. The Morgan fingerprint density at radius 3 is 3.14 bits per heavy atom. The van der Waals surface area contributed by atoms with Crippen LogP contribution in [0.25, 0.3) is 10.8 Å². The second-order valence-corrected chi connectivity index (χ2v) is 3.58. The molecule has 3 rings (SSSR count). The van der Waals surface area contributed by atoms with Gasteiger partial charge >= 0.3 is 0 Å². The zero-order chi connectivity index (χ0) is 9.38. The largest absolute Gasteiger partial charge is 0.477 e. The quantitative estimate of drug-likeness (QED) is 0.629. The molecule has 0 amide bonds. The molecule has 0 atom stereocenters. The SMILES string of the molecule is c1ccc2c3c(ncc2c1)OCCC3. The van der Waals surface area contributed by atoms with Crippen molar-refractivity contribution in [2.24, 2.45) is 0 Å². The highest BCUT2D eigenvalue weighted by molar-refractivity contribution is 5.86. The van der Waals surface area contributed by atoms with Gasteiger partial charge < -0.3 is 4.74 Å². The summed E-state index contributed by atoms with van der Waals surface area (Å²) in [5.41, 5.74) is 1.27. The lowest BCUT2D eigenvalue weighted by molar-refractivity contribution is 0.277. The first-order valence-corrected chi connectivity index (χ1v) is 4.94. The first-order valence-electron chi connectivity index (χ1n) is 4.94. The van der Waals surface area contributed by atoms with Crippen LogP contribution in [-0.4, -0.2) is 11.6 Å². The molecule has 0 saturated heterocycles. The van der Waals surface area contributed by atoms with Crippen molar-refractivity contribution in [2.75, 3.05) is 6.61 Å². The molecule has 0 bridgehead atoms. The fourth-order valence-corrected chi connectivity index (χ4v) is 1.99. The predicted octanol–water partition coefficient (Wildman–Crippen LogP) is 2.56. The average molecular weight is 185 g/mol. The first kappa shape index (κ1) is 7.80. The van der Waals surface area contributed by atoms with Crippen molar-refractivity contribution in [3.63, 3.8) is 0 Å². The highest BCUT2D eigenvalue weighted by Gasteiger charge is 2.13. The maximum atomic E-state index is 5.52. The van der Waals surface area contributed by atoms with Gasteiger partial charge in [-0.1, -0.05) is 24.3 Å². The molecule has 0 radical (unpaired) electrons. The number of rotatable bonds is 0. The molecule has 0 N–H and O–H groups in total. The van der Waals surface area contributed by atoms with Crippen molar-refractivity contribution >= 4 is 10.8 Å². The van der Waals surface area contributed by atoms with Crippen LogP contribution in [0.2, 0.25) is 0 Å². The maximum Gasteiger partial charge on any atom is 0.217 e. The Labute approximate surface area is 82.5 Å². The summed E-state index contributed by atoms with van der Waals surface area (Å²) in [6.45, 7) is 0.804. The number of aryl methyl sites for hydroxylation is 1. The lowest BCUT2D eigenvalue weighted by atomic mass is 10.0. The smallest absolute Gasteiger partial charge is 0.217 e. The Morgan fingerprint density at radius 2 is 2.14 bits per heavy atom. The maximum absolute atomic E-state index is 5.52. The molecule has 14 heavy (non-hydrogen) atoms. The van der Waals surface area contributed by atoms with Crippen molar-refractivity contribution in [1.82, 2.24) is 4.98 Å². The van der Waals surface area contributed by atoms with E-state index in [1.807, 2.05) is 12.3 Å². The van der Waals surface area contributed by atoms with Crippen LogP contribution in [0.1, 0.15) is 12.0 Å². The number of nitrogens with zero attached hydrogens (tertiary/aromatic N) is 1. The van der Waals surface area contributed by atoms with Crippen molar-refractivity contribution in [3.8, 4) is 5.88 Å². The molecule has 1 aliphatic heterocycles. The highest BCUT2D eigenvalue weighted by atomic mass is 16.5. The van der Waals surface area contributed by atoms with Crippen LogP contribution < -0.4 is 4.74 Å². The van der Waals surface area contributed by atoms with Crippen molar-refractivity contribution in [1.29, 1.82) is 0 Å². The number of aromatic nitrogens is 1. The normalized spacial score (nSPS) is 14.9. The molecule has 2 nitrogen and oxygen atoms in total. The first-order chi connectivity index (χ1) is 6.95. The molecule has 0 fully saturated rings. The molecule has 2 heteroatoms. The van der Waals surface area contributed by atoms with Gasteiger partial charge in [0.1, 0.15) is 0 Å². The Kier molecular flexibility index (Phi) is 1.66. The summed E-state index contributed by atoms with van der Waals surface area (Å²) >= 11 is 0. The van der Waals surface area contributed by atoms with Gasteiger partial charge in [0.25, 0.3) is 0 Å². The number of pyridine rings is 1. The van der Waals surface area contributed by atoms with Gasteiger partial charge in [-0.3, -0.25) is 0 Å². The summed E-state index contributed by atoms with van der Waals surface area (Å²) in [7, 11) is 0. The summed E-state index contributed by atoms with van der Waals surface area (Å²) in [6, 6.07) is 8.35. The molecule has 2 aromatic rings. The minimum Gasteiger partial charge on any atom is -0.477 e. The highest BCUT2D eigenvalue weighted by Crippen LogP contribution is 2.29. The zero-order valence-electron chi connectivity index (χ0n) is 7.86. The van der Waals surface area contributed by atoms with Crippen LogP contribution in [0.15, 0.2) is 30.5 Å². The summed E-state index contributed by atoms with van der Waals surface area (Å²) in [6.07, 6.45) is 4.08. The van der Waals surface area contributed by atoms with Gasteiger partial charge in [-0.15, -0.1) is 0 Å². The van der Waals surface area contributed by atoms with Crippen LogP contribution in [0, 0.1) is 0 Å². The van der Waals surface area contributed by atoms with E-state index in [1.165, 1.54) is 16.3 Å². The second-order valence-electron chi connectivity index (χ2n) is 3.58. The summed E-state index contributed by atoms with van der Waals surface area (Å²) in [5, 5.41) is 2.49. The topological polar surface area (TPSA) is 22.1 Å². The van der Waals surface area contributed by atoms with Gasteiger partial charge in [0.15, 0.2) is 0 Å². The van der Waals surface area contributed by atoms with Crippen molar-refractivity contribution < 1.29 is 4.74 Å². The molecule has 1 aliphatic rings. The standard InChI is InChI=1S/C12H11NO/c1-2-5-10-9(4-1)8-13-12-11(10)6-3-7-14-12/h1-2,4-5,8H,3,6-7H2. The Bertz CT molecular complexity index is 479. The Balaban J connectivity index is 2.34. The number of hydrogen-bond acceptors (Lipinski definition) is 2. The lowest BCUT2D eigenvalue weighted by Crippen LogP contribution is -2.10. The van der Waals surface area contributed by atoms with Gasteiger partial charge in [-0.05, 0) is 18.2 Å². The Morgan fingerprint density at radius 1 is 1.21 bits per heavy atom. The fourth-order valence-electron chi connectivity index (χ4n) is 1.99. The minimum absolute atomic E-state index is 0.804. The molecule has 1 aromatic carbocycles. The summed E-state index contributed by atoms with van der Waals surface area (Å²) in [5.74, 6) is 0.829. The van der Waals surface area contributed by atoms with Gasteiger partial charge in [0, 0.05) is 17.1 Å².